The number of carbonyl (C=O) groups is 1. The van der Waals surface area contributed by atoms with E-state index in [0.717, 1.165) is 0 Å². The Hall–Kier alpha value is -2.27. The van der Waals surface area contributed by atoms with Crippen LogP contribution in [0.1, 0.15) is 12.7 Å². The minimum Gasteiger partial charge on any atom is -0.480 e. The van der Waals surface area contributed by atoms with Crippen LogP contribution in [0.5, 0.6) is 11.7 Å². The number of likely N-dealkylation sites (N-methyl/N-ethyl adjacent to an activating group) is 1. The summed E-state index contributed by atoms with van der Waals surface area (Å²) in [6, 6.07) is 12.3. The summed E-state index contributed by atoms with van der Waals surface area (Å²) < 4.78 is 11.1. The molecule has 0 amide bonds. The number of rotatable bonds is 6. The van der Waals surface area contributed by atoms with Crippen LogP contribution in [0.3, 0.4) is 0 Å². The number of carboxylic acids is 1. The minimum atomic E-state index is -0.861. The second kappa shape index (κ2) is 6.25. The standard InChI is InChI=1S/C15H17NO4/c1-11(15(17)18)16(2)10-13-8-9-14(20-13)19-12-6-4-3-5-7-12/h3-9,11H,10H2,1-2H3,(H,17,18). The van der Waals surface area contributed by atoms with Gasteiger partial charge < -0.3 is 14.3 Å². The number of para-hydroxylation sites is 1. The monoisotopic (exact) mass is 275 g/mol. The van der Waals surface area contributed by atoms with Gasteiger partial charge in [-0.25, -0.2) is 0 Å². The molecule has 1 unspecified atom stereocenters. The van der Waals surface area contributed by atoms with E-state index in [2.05, 4.69) is 0 Å². The number of hydrogen-bond acceptors (Lipinski definition) is 4. The van der Waals surface area contributed by atoms with Crippen LogP contribution in [0, 0.1) is 0 Å². The highest BCUT2D eigenvalue weighted by Crippen LogP contribution is 2.24. The summed E-state index contributed by atoms with van der Waals surface area (Å²) in [7, 11) is 1.74. The van der Waals surface area contributed by atoms with Crippen LogP contribution in [0.4, 0.5) is 0 Å². The zero-order chi connectivity index (χ0) is 14.5. The van der Waals surface area contributed by atoms with Crippen LogP contribution < -0.4 is 4.74 Å². The van der Waals surface area contributed by atoms with Crippen molar-refractivity contribution in [1.82, 2.24) is 4.90 Å². The van der Waals surface area contributed by atoms with Gasteiger partial charge in [0.15, 0.2) is 0 Å². The third-order valence-electron chi connectivity index (χ3n) is 3.02. The Morgan fingerprint density at radius 3 is 2.65 bits per heavy atom. The average molecular weight is 275 g/mol. The van der Waals surface area contributed by atoms with Crippen LogP contribution in [-0.4, -0.2) is 29.1 Å². The van der Waals surface area contributed by atoms with E-state index in [9.17, 15) is 4.79 Å². The van der Waals surface area contributed by atoms with Gasteiger partial charge in [0.1, 0.15) is 17.6 Å². The number of aliphatic carboxylic acids is 1. The van der Waals surface area contributed by atoms with Crippen LogP contribution in [0.25, 0.3) is 0 Å². The molecule has 1 heterocycles. The molecule has 2 rings (SSSR count). The number of nitrogens with zero attached hydrogens (tertiary/aromatic N) is 1. The molecular formula is C15H17NO4. The topological polar surface area (TPSA) is 62.9 Å². The molecule has 5 nitrogen and oxygen atoms in total. The summed E-state index contributed by atoms with van der Waals surface area (Å²) in [5.41, 5.74) is 0. The lowest BCUT2D eigenvalue weighted by molar-refractivity contribution is -0.142. The molecule has 1 N–H and O–H groups in total. The molecule has 0 fully saturated rings. The van der Waals surface area contributed by atoms with Gasteiger partial charge in [-0.15, -0.1) is 0 Å². The fraction of sp³-hybridized carbons (Fsp3) is 0.267. The van der Waals surface area contributed by atoms with Gasteiger partial charge >= 0.3 is 5.97 Å². The van der Waals surface area contributed by atoms with Gasteiger partial charge in [-0.05, 0) is 32.2 Å². The molecule has 1 aromatic carbocycles. The van der Waals surface area contributed by atoms with E-state index in [1.807, 2.05) is 30.3 Å². The molecule has 0 saturated carbocycles. The lowest BCUT2D eigenvalue weighted by atomic mass is 10.3. The normalized spacial score (nSPS) is 12.3. The molecule has 0 aliphatic heterocycles. The van der Waals surface area contributed by atoms with Gasteiger partial charge in [-0.1, -0.05) is 18.2 Å². The SMILES string of the molecule is CC(C(=O)O)N(C)Cc1ccc(Oc2ccccc2)o1. The van der Waals surface area contributed by atoms with Crippen molar-refractivity contribution >= 4 is 5.97 Å². The fourth-order valence-electron chi connectivity index (χ4n) is 1.67. The molecule has 106 valence electrons. The molecule has 0 aliphatic carbocycles. The molecule has 5 heteroatoms. The average Bonchev–Trinajstić information content (AvgIpc) is 2.86. The van der Waals surface area contributed by atoms with Gasteiger partial charge in [-0.2, -0.15) is 0 Å². The second-order valence-corrected chi connectivity index (χ2v) is 4.57. The Morgan fingerprint density at radius 1 is 1.30 bits per heavy atom. The van der Waals surface area contributed by atoms with Gasteiger partial charge in [-0.3, -0.25) is 9.69 Å². The first-order chi connectivity index (χ1) is 9.56. The molecule has 20 heavy (non-hydrogen) atoms. The predicted molar refractivity (Wildman–Crippen MR) is 73.8 cm³/mol. The third-order valence-corrected chi connectivity index (χ3v) is 3.02. The van der Waals surface area contributed by atoms with Crippen molar-refractivity contribution < 1.29 is 19.1 Å². The first kappa shape index (κ1) is 14.1. The molecule has 0 bridgehead atoms. The highest BCUT2D eigenvalue weighted by Gasteiger charge is 2.18. The van der Waals surface area contributed by atoms with Crippen molar-refractivity contribution in [1.29, 1.82) is 0 Å². The van der Waals surface area contributed by atoms with E-state index in [1.165, 1.54) is 0 Å². The Kier molecular flexibility index (Phi) is 4.42. The Bertz CT molecular complexity index is 564. The molecule has 0 aliphatic rings. The molecular weight excluding hydrogens is 258 g/mol. The molecule has 1 atom stereocenters. The quantitative estimate of drug-likeness (QED) is 0.878. The Morgan fingerprint density at radius 2 is 2.00 bits per heavy atom. The molecule has 1 aromatic heterocycles. The van der Waals surface area contributed by atoms with Crippen molar-refractivity contribution in [3.8, 4) is 11.7 Å². The number of furan rings is 1. The summed E-state index contributed by atoms with van der Waals surface area (Å²) in [4.78, 5) is 12.6. The summed E-state index contributed by atoms with van der Waals surface area (Å²) in [5, 5.41) is 8.93. The Labute approximate surface area is 117 Å². The smallest absolute Gasteiger partial charge is 0.320 e. The van der Waals surface area contributed by atoms with Gasteiger partial charge in [0.25, 0.3) is 5.95 Å². The largest absolute Gasteiger partial charge is 0.480 e. The van der Waals surface area contributed by atoms with Crippen molar-refractivity contribution in [2.45, 2.75) is 19.5 Å². The highest BCUT2D eigenvalue weighted by molar-refractivity contribution is 5.72. The van der Waals surface area contributed by atoms with Crippen molar-refractivity contribution in [3.63, 3.8) is 0 Å². The number of ether oxygens (including phenoxy) is 1. The third kappa shape index (κ3) is 3.61. The van der Waals surface area contributed by atoms with E-state index in [0.29, 0.717) is 24.0 Å². The number of benzene rings is 1. The van der Waals surface area contributed by atoms with Crippen LogP contribution in [-0.2, 0) is 11.3 Å². The van der Waals surface area contributed by atoms with E-state index in [4.69, 9.17) is 14.3 Å². The Balaban J connectivity index is 1.97. The fourth-order valence-corrected chi connectivity index (χ4v) is 1.67. The maximum atomic E-state index is 10.9. The van der Waals surface area contributed by atoms with Gasteiger partial charge in [0, 0.05) is 6.07 Å². The van der Waals surface area contributed by atoms with E-state index < -0.39 is 12.0 Å². The van der Waals surface area contributed by atoms with Crippen LogP contribution in [0.2, 0.25) is 0 Å². The maximum Gasteiger partial charge on any atom is 0.320 e. The van der Waals surface area contributed by atoms with E-state index in [-0.39, 0.29) is 0 Å². The minimum absolute atomic E-state index is 0.391. The zero-order valence-electron chi connectivity index (χ0n) is 11.4. The van der Waals surface area contributed by atoms with Crippen LogP contribution >= 0.6 is 0 Å². The summed E-state index contributed by atoms with van der Waals surface area (Å²) in [6.45, 7) is 2.04. The predicted octanol–water partition coefficient (Wildman–Crippen LogP) is 2.98. The van der Waals surface area contributed by atoms with Crippen molar-refractivity contribution in [3.05, 3.63) is 48.2 Å². The first-order valence-electron chi connectivity index (χ1n) is 6.31. The van der Waals surface area contributed by atoms with E-state index in [1.54, 1.807) is 31.0 Å². The second-order valence-electron chi connectivity index (χ2n) is 4.57. The maximum absolute atomic E-state index is 10.9. The van der Waals surface area contributed by atoms with Gasteiger partial charge in [0.05, 0.1) is 6.54 Å². The van der Waals surface area contributed by atoms with Crippen LogP contribution in [0.15, 0.2) is 46.9 Å². The summed E-state index contributed by atoms with van der Waals surface area (Å²) in [5.74, 6) is 0.884. The molecule has 0 radical (unpaired) electrons. The number of carboxylic acid groups (broad SMARTS) is 1. The van der Waals surface area contributed by atoms with Crippen molar-refractivity contribution in [2.24, 2.45) is 0 Å². The first-order valence-corrected chi connectivity index (χ1v) is 6.31. The summed E-state index contributed by atoms with van der Waals surface area (Å²) in [6.07, 6.45) is 0. The highest BCUT2D eigenvalue weighted by atomic mass is 16.6. The van der Waals surface area contributed by atoms with E-state index >= 15 is 0 Å². The van der Waals surface area contributed by atoms with Gasteiger partial charge in [0.2, 0.25) is 0 Å². The molecule has 0 saturated heterocycles. The number of hydrogen-bond donors (Lipinski definition) is 1. The van der Waals surface area contributed by atoms with Crippen molar-refractivity contribution in [2.75, 3.05) is 7.05 Å². The molecule has 0 spiro atoms. The zero-order valence-corrected chi connectivity index (χ0v) is 11.4. The summed E-state index contributed by atoms with van der Waals surface area (Å²) >= 11 is 0. The lowest BCUT2D eigenvalue weighted by Gasteiger charge is -2.19. The molecule has 2 aromatic rings. The lowest BCUT2D eigenvalue weighted by Crippen LogP contribution is -2.35.